The van der Waals surface area contributed by atoms with Crippen molar-refractivity contribution in [1.29, 1.82) is 0 Å². The van der Waals surface area contributed by atoms with Crippen LogP contribution in [0.25, 0.3) is 11.1 Å². The van der Waals surface area contributed by atoms with Gasteiger partial charge in [0.05, 0.1) is 5.56 Å². The van der Waals surface area contributed by atoms with Crippen molar-refractivity contribution in [1.82, 2.24) is 0 Å². The number of alkyl halides is 3. The largest absolute Gasteiger partial charge is 0.416 e. The molecule has 0 aliphatic carbocycles. The van der Waals surface area contributed by atoms with Crippen LogP contribution in [0.2, 0.25) is 0 Å². The van der Waals surface area contributed by atoms with Crippen LogP contribution in [0, 0.1) is 6.92 Å². The van der Waals surface area contributed by atoms with Gasteiger partial charge in [-0.1, -0.05) is 18.2 Å². The van der Waals surface area contributed by atoms with Gasteiger partial charge in [-0.25, -0.2) is 0 Å². The Balaban J connectivity index is 2.52. The van der Waals surface area contributed by atoms with Crippen molar-refractivity contribution in [3.05, 3.63) is 53.6 Å². The molecule has 2 N–H and O–H groups in total. The molecule has 2 aromatic rings. The van der Waals surface area contributed by atoms with Crippen LogP contribution in [-0.4, -0.2) is 0 Å². The molecular formula is C14H12F3N. The molecule has 0 unspecified atom stereocenters. The summed E-state index contributed by atoms with van der Waals surface area (Å²) < 4.78 is 38.1. The van der Waals surface area contributed by atoms with E-state index in [0.29, 0.717) is 16.8 Å². The topological polar surface area (TPSA) is 26.0 Å². The van der Waals surface area contributed by atoms with Gasteiger partial charge in [0.2, 0.25) is 0 Å². The quantitative estimate of drug-likeness (QED) is 0.753. The molecule has 18 heavy (non-hydrogen) atoms. The van der Waals surface area contributed by atoms with E-state index in [-0.39, 0.29) is 0 Å². The third-order valence-electron chi connectivity index (χ3n) is 2.65. The SMILES string of the molecule is Cc1cc(-c2ccc(N)cc2)cc(C(F)(F)F)c1. The molecule has 0 saturated carbocycles. The number of rotatable bonds is 1. The first-order chi connectivity index (χ1) is 8.36. The van der Waals surface area contributed by atoms with E-state index in [0.717, 1.165) is 17.7 Å². The zero-order valence-electron chi connectivity index (χ0n) is 9.75. The van der Waals surface area contributed by atoms with E-state index in [2.05, 4.69) is 0 Å². The van der Waals surface area contributed by atoms with Crippen molar-refractivity contribution in [3.8, 4) is 11.1 Å². The Labute approximate surface area is 103 Å². The van der Waals surface area contributed by atoms with Crippen molar-refractivity contribution in [3.63, 3.8) is 0 Å². The van der Waals surface area contributed by atoms with Crippen molar-refractivity contribution >= 4 is 5.69 Å². The smallest absolute Gasteiger partial charge is 0.399 e. The molecule has 0 atom stereocenters. The van der Waals surface area contributed by atoms with Gasteiger partial charge in [-0.15, -0.1) is 0 Å². The van der Waals surface area contributed by atoms with Crippen LogP contribution >= 0.6 is 0 Å². The van der Waals surface area contributed by atoms with Gasteiger partial charge < -0.3 is 5.73 Å². The van der Waals surface area contributed by atoms with Gasteiger partial charge in [0.15, 0.2) is 0 Å². The van der Waals surface area contributed by atoms with Gasteiger partial charge in [-0.3, -0.25) is 0 Å². The molecule has 2 rings (SSSR count). The van der Waals surface area contributed by atoms with Crippen LogP contribution in [-0.2, 0) is 6.18 Å². The first-order valence-corrected chi connectivity index (χ1v) is 5.41. The summed E-state index contributed by atoms with van der Waals surface area (Å²) in [5, 5.41) is 0. The zero-order chi connectivity index (χ0) is 13.3. The van der Waals surface area contributed by atoms with Crippen molar-refractivity contribution < 1.29 is 13.2 Å². The van der Waals surface area contributed by atoms with Gasteiger partial charge in [0, 0.05) is 5.69 Å². The number of hydrogen-bond donors (Lipinski definition) is 1. The Hall–Kier alpha value is -1.97. The first-order valence-electron chi connectivity index (χ1n) is 5.41. The number of benzene rings is 2. The molecule has 0 bridgehead atoms. The number of halogens is 3. The Morgan fingerprint density at radius 2 is 1.50 bits per heavy atom. The van der Waals surface area contributed by atoms with E-state index >= 15 is 0 Å². The highest BCUT2D eigenvalue weighted by molar-refractivity contribution is 5.67. The summed E-state index contributed by atoms with van der Waals surface area (Å²) in [6, 6.07) is 10.8. The summed E-state index contributed by atoms with van der Waals surface area (Å²) in [6.07, 6.45) is -4.32. The van der Waals surface area contributed by atoms with E-state index in [1.807, 2.05) is 0 Å². The summed E-state index contributed by atoms with van der Waals surface area (Å²) >= 11 is 0. The second-order valence-corrected chi connectivity index (χ2v) is 4.21. The fourth-order valence-corrected chi connectivity index (χ4v) is 1.79. The van der Waals surface area contributed by atoms with Crippen LogP contribution in [0.3, 0.4) is 0 Å². The lowest BCUT2D eigenvalue weighted by molar-refractivity contribution is -0.137. The summed E-state index contributed by atoms with van der Waals surface area (Å²) in [6.45, 7) is 1.65. The molecule has 0 saturated heterocycles. The minimum atomic E-state index is -4.32. The van der Waals surface area contributed by atoms with E-state index in [1.165, 1.54) is 0 Å². The van der Waals surface area contributed by atoms with E-state index in [9.17, 15) is 13.2 Å². The third kappa shape index (κ3) is 2.64. The monoisotopic (exact) mass is 251 g/mol. The highest BCUT2D eigenvalue weighted by Gasteiger charge is 2.30. The maximum Gasteiger partial charge on any atom is 0.416 e. The highest BCUT2D eigenvalue weighted by atomic mass is 19.4. The average molecular weight is 251 g/mol. The molecule has 0 aliphatic heterocycles. The predicted molar refractivity (Wildman–Crippen MR) is 66.0 cm³/mol. The number of nitrogens with two attached hydrogens (primary N) is 1. The number of aryl methyl sites for hydroxylation is 1. The van der Waals surface area contributed by atoms with Crippen molar-refractivity contribution in [2.75, 3.05) is 5.73 Å². The van der Waals surface area contributed by atoms with Gasteiger partial charge in [0.1, 0.15) is 0 Å². The minimum absolute atomic E-state index is 0.544. The van der Waals surface area contributed by atoms with Crippen LogP contribution in [0.5, 0.6) is 0 Å². The maximum atomic E-state index is 12.7. The Bertz CT molecular complexity index is 556. The average Bonchev–Trinajstić information content (AvgIpc) is 2.28. The second kappa shape index (κ2) is 4.37. The summed E-state index contributed by atoms with van der Waals surface area (Å²) in [4.78, 5) is 0. The van der Waals surface area contributed by atoms with Gasteiger partial charge in [-0.05, 0) is 47.9 Å². The van der Waals surface area contributed by atoms with Gasteiger partial charge in [0.25, 0.3) is 0 Å². The Morgan fingerprint density at radius 1 is 0.889 bits per heavy atom. The van der Waals surface area contributed by atoms with Crippen molar-refractivity contribution in [2.24, 2.45) is 0 Å². The molecule has 0 fully saturated rings. The highest BCUT2D eigenvalue weighted by Crippen LogP contribution is 2.33. The van der Waals surface area contributed by atoms with Crippen LogP contribution in [0.15, 0.2) is 42.5 Å². The van der Waals surface area contributed by atoms with Crippen LogP contribution in [0.1, 0.15) is 11.1 Å². The Kier molecular flexibility index (Phi) is 3.03. The molecule has 2 aromatic carbocycles. The normalized spacial score (nSPS) is 11.6. The van der Waals surface area contributed by atoms with Crippen molar-refractivity contribution in [2.45, 2.75) is 13.1 Å². The lowest BCUT2D eigenvalue weighted by Crippen LogP contribution is -2.05. The zero-order valence-corrected chi connectivity index (χ0v) is 9.75. The molecule has 0 aromatic heterocycles. The number of hydrogen-bond acceptors (Lipinski definition) is 1. The second-order valence-electron chi connectivity index (χ2n) is 4.21. The molecular weight excluding hydrogens is 239 g/mol. The first kappa shape index (κ1) is 12.5. The standard InChI is InChI=1S/C14H12F3N/c1-9-6-11(8-12(7-9)14(15,16)17)10-2-4-13(18)5-3-10/h2-8H,18H2,1H3. The summed E-state index contributed by atoms with van der Waals surface area (Å²) in [5.74, 6) is 0. The molecule has 1 nitrogen and oxygen atoms in total. The molecule has 4 heteroatoms. The number of anilines is 1. The predicted octanol–water partition coefficient (Wildman–Crippen LogP) is 4.26. The lowest BCUT2D eigenvalue weighted by Gasteiger charge is -2.11. The lowest BCUT2D eigenvalue weighted by atomic mass is 10.00. The molecule has 0 heterocycles. The van der Waals surface area contributed by atoms with Gasteiger partial charge in [-0.2, -0.15) is 13.2 Å². The van der Waals surface area contributed by atoms with E-state index in [4.69, 9.17) is 5.73 Å². The summed E-state index contributed by atoms with van der Waals surface area (Å²) in [7, 11) is 0. The molecule has 0 aliphatic rings. The summed E-state index contributed by atoms with van der Waals surface area (Å²) in [5.41, 5.74) is 7.35. The molecule has 0 amide bonds. The fraction of sp³-hybridized carbons (Fsp3) is 0.143. The third-order valence-corrected chi connectivity index (χ3v) is 2.65. The number of nitrogen functional groups attached to an aromatic ring is 1. The van der Waals surface area contributed by atoms with Crippen LogP contribution < -0.4 is 5.73 Å². The molecule has 94 valence electrons. The van der Waals surface area contributed by atoms with E-state index < -0.39 is 11.7 Å². The molecule has 0 spiro atoms. The Morgan fingerprint density at radius 3 is 2.06 bits per heavy atom. The van der Waals surface area contributed by atoms with Crippen LogP contribution in [0.4, 0.5) is 18.9 Å². The minimum Gasteiger partial charge on any atom is -0.399 e. The van der Waals surface area contributed by atoms with E-state index in [1.54, 1.807) is 37.3 Å². The fourth-order valence-electron chi connectivity index (χ4n) is 1.79. The molecule has 0 radical (unpaired) electrons. The maximum absolute atomic E-state index is 12.7. The van der Waals surface area contributed by atoms with Gasteiger partial charge >= 0.3 is 6.18 Å².